The van der Waals surface area contributed by atoms with Crippen LogP contribution in [0, 0.1) is 0 Å². The van der Waals surface area contributed by atoms with Gasteiger partial charge in [-0.1, -0.05) is 0 Å². The molecule has 1 aromatic rings. The predicted molar refractivity (Wildman–Crippen MR) is 72.2 cm³/mol. The van der Waals surface area contributed by atoms with Crippen LogP contribution in [0.15, 0.2) is 18.2 Å². The van der Waals surface area contributed by atoms with Gasteiger partial charge in [0.05, 0.1) is 14.2 Å². The summed E-state index contributed by atoms with van der Waals surface area (Å²) >= 11 is 0. The Balaban J connectivity index is 2.76. The molecule has 0 aliphatic carbocycles. The van der Waals surface area contributed by atoms with Gasteiger partial charge in [-0.15, -0.1) is 0 Å². The van der Waals surface area contributed by atoms with Gasteiger partial charge in [-0.25, -0.2) is 0 Å². The summed E-state index contributed by atoms with van der Waals surface area (Å²) in [6, 6.07) is 5.73. The van der Waals surface area contributed by atoms with Gasteiger partial charge < -0.3 is 19.9 Å². The third kappa shape index (κ3) is 4.20. The Labute approximate surface area is 109 Å². The fraction of sp³-hybridized carbons (Fsp3) is 0.571. The lowest BCUT2D eigenvalue weighted by Gasteiger charge is -2.26. The van der Waals surface area contributed by atoms with Crippen LogP contribution >= 0.6 is 0 Å². The summed E-state index contributed by atoms with van der Waals surface area (Å²) in [6.07, 6.45) is 0.708. The summed E-state index contributed by atoms with van der Waals surface area (Å²) in [5.41, 5.74) is 0.936. The quantitative estimate of drug-likeness (QED) is 0.780. The Morgan fingerprint density at radius 2 is 1.94 bits per heavy atom. The Bertz CT molecular complexity index is 377. The first-order valence-corrected chi connectivity index (χ1v) is 6.09. The number of hydrogen-bond acceptors (Lipinski definition) is 4. The summed E-state index contributed by atoms with van der Waals surface area (Å²) < 4.78 is 10.5. The van der Waals surface area contributed by atoms with E-state index in [4.69, 9.17) is 14.6 Å². The van der Waals surface area contributed by atoms with E-state index < -0.39 is 0 Å². The molecule has 0 amide bonds. The van der Waals surface area contributed by atoms with E-state index in [1.54, 1.807) is 14.2 Å². The third-order valence-corrected chi connectivity index (χ3v) is 2.98. The summed E-state index contributed by atoms with van der Waals surface area (Å²) in [5.74, 6) is 1.65. The third-order valence-electron chi connectivity index (χ3n) is 2.98. The molecule has 4 heteroatoms. The monoisotopic (exact) mass is 253 g/mol. The van der Waals surface area contributed by atoms with E-state index in [9.17, 15) is 0 Å². The minimum absolute atomic E-state index is 0.108. The van der Waals surface area contributed by atoms with Crippen molar-refractivity contribution in [3.8, 4) is 11.5 Å². The van der Waals surface area contributed by atoms with Crippen molar-refractivity contribution < 1.29 is 14.6 Å². The molecule has 1 aromatic carbocycles. The van der Waals surface area contributed by atoms with Gasteiger partial charge in [0, 0.05) is 24.3 Å². The van der Waals surface area contributed by atoms with Crippen LogP contribution in [0.1, 0.15) is 25.8 Å². The maximum absolute atomic E-state index is 9.00. The van der Waals surface area contributed by atoms with Gasteiger partial charge in [0.1, 0.15) is 11.5 Å². The lowest BCUT2D eigenvalue weighted by molar-refractivity contribution is 0.229. The van der Waals surface area contributed by atoms with Crippen molar-refractivity contribution in [3.05, 3.63) is 23.8 Å². The van der Waals surface area contributed by atoms with Gasteiger partial charge in [0.2, 0.25) is 0 Å². The van der Waals surface area contributed by atoms with Crippen molar-refractivity contribution in [2.45, 2.75) is 32.4 Å². The first kappa shape index (κ1) is 14.8. The molecule has 0 spiro atoms. The van der Waals surface area contributed by atoms with Crippen molar-refractivity contribution in [3.63, 3.8) is 0 Å². The number of methoxy groups -OCH3 is 2. The summed E-state index contributed by atoms with van der Waals surface area (Å²) in [6.45, 7) is 4.98. The van der Waals surface area contributed by atoms with Crippen LogP contribution in [0.4, 0.5) is 0 Å². The van der Waals surface area contributed by atoms with E-state index in [2.05, 4.69) is 19.2 Å². The Hall–Kier alpha value is -1.26. The second-order valence-corrected chi connectivity index (χ2v) is 4.89. The molecule has 0 radical (unpaired) electrons. The van der Waals surface area contributed by atoms with Crippen LogP contribution in [-0.2, 0) is 6.54 Å². The maximum Gasteiger partial charge on any atom is 0.123 e. The maximum atomic E-state index is 9.00. The van der Waals surface area contributed by atoms with Gasteiger partial charge >= 0.3 is 0 Å². The Morgan fingerprint density at radius 1 is 1.22 bits per heavy atom. The lowest BCUT2D eigenvalue weighted by Crippen LogP contribution is -2.39. The molecule has 0 fully saturated rings. The van der Waals surface area contributed by atoms with Gasteiger partial charge in [0.15, 0.2) is 0 Å². The van der Waals surface area contributed by atoms with Crippen LogP contribution in [-0.4, -0.2) is 31.5 Å². The lowest BCUT2D eigenvalue weighted by atomic mass is 10.0. The van der Waals surface area contributed by atoms with E-state index in [0.717, 1.165) is 17.1 Å². The molecule has 0 aromatic heterocycles. The molecule has 0 aliphatic heterocycles. The van der Waals surface area contributed by atoms with E-state index in [1.807, 2.05) is 18.2 Å². The topological polar surface area (TPSA) is 50.7 Å². The SMILES string of the molecule is COc1ccc(OC)c(CNC(C)(C)CCO)c1. The van der Waals surface area contributed by atoms with Crippen molar-refractivity contribution in [1.29, 1.82) is 0 Å². The van der Waals surface area contributed by atoms with E-state index >= 15 is 0 Å². The van der Waals surface area contributed by atoms with Gasteiger partial charge in [-0.3, -0.25) is 0 Å². The van der Waals surface area contributed by atoms with Crippen molar-refractivity contribution in [2.75, 3.05) is 20.8 Å². The molecule has 4 nitrogen and oxygen atoms in total. The van der Waals surface area contributed by atoms with Crippen LogP contribution < -0.4 is 14.8 Å². The number of benzene rings is 1. The number of rotatable bonds is 7. The van der Waals surface area contributed by atoms with Crippen molar-refractivity contribution in [2.24, 2.45) is 0 Å². The summed E-state index contributed by atoms with van der Waals surface area (Å²) in [7, 11) is 3.30. The molecular weight excluding hydrogens is 230 g/mol. The van der Waals surface area contributed by atoms with E-state index in [0.29, 0.717) is 13.0 Å². The average molecular weight is 253 g/mol. The Morgan fingerprint density at radius 3 is 2.50 bits per heavy atom. The highest BCUT2D eigenvalue weighted by Crippen LogP contribution is 2.24. The van der Waals surface area contributed by atoms with Gasteiger partial charge in [-0.05, 0) is 38.5 Å². The summed E-state index contributed by atoms with van der Waals surface area (Å²) in [4.78, 5) is 0. The molecule has 0 saturated carbocycles. The standard InChI is InChI=1S/C14H23NO3/c1-14(2,7-8-16)15-10-11-9-12(17-3)5-6-13(11)18-4/h5-6,9,15-16H,7-8,10H2,1-4H3. The van der Waals surface area contributed by atoms with E-state index in [1.165, 1.54) is 0 Å². The van der Waals surface area contributed by atoms with Crippen LogP contribution in [0.3, 0.4) is 0 Å². The molecule has 0 atom stereocenters. The summed E-state index contributed by atoms with van der Waals surface area (Å²) in [5, 5.41) is 12.4. The molecule has 0 heterocycles. The largest absolute Gasteiger partial charge is 0.497 e. The zero-order valence-electron chi connectivity index (χ0n) is 11.6. The number of aliphatic hydroxyl groups is 1. The molecule has 18 heavy (non-hydrogen) atoms. The van der Waals surface area contributed by atoms with Crippen LogP contribution in [0.2, 0.25) is 0 Å². The number of nitrogens with one attached hydrogen (secondary N) is 1. The average Bonchev–Trinajstić information content (AvgIpc) is 2.36. The minimum Gasteiger partial charge on any atom is -0.497 e. The fourth-order valence-electron chi connectivity index (χ4n) is 1.72. The number of hydrogen-bond donors (Lipinski definition) is 2. The molecule has 0 bridgehead atoms. The first-order chi connectivity index (χ1) is 8.52. The van der Waals surface area contributed by atoms with Gasteiger partial charge in [-0.2, -0.15) is 0 Å². The zero-order valence-corrected chi connectivity index (χ0v) is 11.6. The minimum atomic E-state index is -0.108. The number of aliphatic hydroxyl groups excluding tert-OH is 1. The number of ether oxygens (including phenoxy) is 2. The highest BCUT2D eigenvalue weighted by molar-refractivity contribution is 5.40. The molecule has 0 unspecified atom stereocenters. The predicted octanol–water partition coefficient (Wildman–Crippen LogP) is 1.95. The van der Waals surface area contributed by atoms with Crippen molar-refractivity contribution >= 4 is 0 Å². The molecule has 102 valence electrons. The molecule has 1 rings (SSSR count). The Kier molecular flexibility index (Phi) is 5.44. The smallest absolute Gasteiger partial charge is 0.123 e. The van der Waals surface area contributed by atoms with Crippen molar-refractivity contribution in [1.82, 2.24) is 5.32 Å². The highest BCUT2D eigenvalue weighted by atomic mass is 16.5. The normalized spacial score (nSPS) is 11.4. The molecule has 0 aliphatic rings. The zero-order chi connectivity index (χ0) is 13.6. The molecular formula is C14H23NO3. The van der Waals surface area contributed by atoms with Crippen LogP contribution in [0.25, 0.3) is 0 Å². The first-order valence-electron chi connectivity index (χ1n) is 6.09. The highest BCUT2D eigenvalue weighted by Gasteiger charge is 2.17. The van der Waals surface area contributed by atoms with E-state index in [-0.39, 0.29) is 12.1 Å². The molecule has 2 N–H and O–H groups in total. The van der Waals surface area contributed by atoms with Crippen LogP contribution in [0.5, 0.6) is 11.5 Å². The van der Waals surface area contributed by atoms with Gasteiger partial charge in [0.25, 0.3) is 0 Å². The molecule has 0 saturated heterocycles. The second kappa shape index (κ2) is 6.61. The fourth-order valence-corrected chi connectivity index (χ4v) is 1.72. The second-order valence-electron chi connectivity index (χ2n) is 4.89.